The van der Waals surface area contributed by atoms with E-state index in [-0.39, 0.29) is 17.0 Å². The summed E-state index contributed by atoms with van der Waals surface area (Å²) in [5.41, 5.74) is 0.654. The van der Waals surface area contributed by atoms with Gasteiger partial charge in [-0.2, -0.15) is 5.26 Å². The number of hydrogen-bond donors (Lipinski definition) is 1. The number of allylic oxidation sites excluding steroid dienone is 1. The van der Waals surface area contributed by atoms with Gasteiger partial charge in [0.2, 0.25) is 0 Å². The lowest BCUT2D eigenvalue weighted by molar-refractivity contribution is -0.140. The predicted octanol–water partition coefficient (Wildman–Crippen LogP) is 1.29. The number of hydrogen-bond acceptors (Lipinski definition) is 6. The monoisotopic (exact) mass is 299 g/mol. The summed E-state index contributed by atoms with van der Waals surface area (Å²) in [6.07, 6.45) is 2.99. The molecule has 22 heavy (non-hydrogen) atoms. The Labute approximate surface area is 126 Å². The molecule has 0 bridgehead atoms. The van der Waals surface area contributed by atoms with Crippen molar-refractivity contribution >= 4 is 17.7 Å². The Kier molecular flexibility index (Phi) is 4.32. The number of rotatable bonds is 3. The molecule has 1 aliphatic rings. The van der Waals surface area contributed by atoms with E-state index in [0.29, 0.717) is 5.56 Å². The molecule has 1 N–H and O–H groups in total. The summed E-state index contributed by atoms with van der Waals surface area (Å²) in [6.45, 7) is 1.53. The maximum absolute atomic E-state index is 12.1. The number of carboxylic acid groups (broad SMARTS) is 1. The highest BCUT2D eigenvalue weighted by Gasteiger charge is 2.42. The van der Waals surface area contributed by atoms with Crippen LogP contribution in [0.3, 0.4) is 0 Å². The number of methoxy groups -OCH3 is 1. The van der Waals surface area contributed by atoms with E-state index in [1.54, 1.807) is 12.1 Å². The number of aliphatic imine (C=N–C) groups is 1. The molecule has 0 fully saturated rings. The number of carbonyl (C=O) groups is 2. The Bertz CT molecular complexity index is 716. The molecule has 2 atom stereocenters. The van der Waals surface area contributed by atoms with Gasteiger partial charge in [0.05, 0.1) is 12.7 Å². The number of aromatic nitrogens is 1. The van der Waals surface area contributed by atoms with Crippen molar-refractivity contribution in [3.8, 4) is 6.07 Å². The van der Waals surface area contributed by atoms with E-state index in [2.05, 4.69) is 9.98 Å². The highest BCUT2D eigenvalue weighted by molar-refractivity contribution is 6.06. The molecule has 0 aliphatic carbocycles. The van der Waals surface area contributed by atoms with Crippen molar-refractivity contribution in [2.45, 2.75) is 12.8 Å². The zero-order valence-corrected chi connectivity index (χ0v) is 12.0. The van der Waals surface area contributed by atoms with Crippen molar-refractivity contribution in [1.82, 2.24) is 4.98 Å². The predicted molar refractivity (Wildman–Crippen MR) is 75.9 cm³/mol. The molecule has 112 valence electrons. The van der Waals surface area contributed by atoms with E-state index in [4.69, 9.17) is 4.74 Å². The van der Waals surface area contributed by atoms with Gasteiger partial charge in [-0.25, -0.2) is 9.79 Å². The van der Waals surface area contributed by atoms with Gasteiger partial charge in [0.15, 0.2) is 5.70 Å². The summed E-state index contributed by atoms with van der Waals surface area (Å²) in [4.78, 5) is 31.6. The lowest BCUT2D eigenvalue weighted by atomic mass is 9.76. The number of carbonyl (C=O) groups excluding carboxylic acids is 1. The van der Waals surface area contributed by atoms with Crippen LogP contribution in [-0.2, 0) is 14.3 Å². The first kappa shape index (κ1) is 15.4. The molecule has 0 aromatic carbocycles. The molecule has 0 saturated carbocycles. The maximum Gasteiger partial charge on any atom is 0.337 e. The van der Waals surface area contributed by atoms with Gasteiger partial charge in [-0.05, 0) is 24.6 Å². The molecule has 0 saturated heterocycles. The molecule has 0 amide bonds. The summed E-state index contributed by atoms with van der Waals surface area (Å²) >= 11 is 0. The van der Waals surface area contributed by atoms with E-state index in [0.717, 1.165) is 0 Å². The zero-order chi connectivity index (χ0) is 16.3. The van der Waals surface area contributed by atoms with Gasteiger partial charge in [-0.1, -0.05) is 0 Å². The fraction of sp³-hybridized carbons (Fsp3) is 0.267. The number of aliphatic carboxylic acids is 1. The lowest BCUT2D eigenvalue weighted by Gasteiger charge is -2.29. The summed E-state index contributed by atoms with van der Waals surface area (Å²) < 4.78 is 4.71. The standard InChI is InChI=1S/C15H13N3O4/c1-8-11(14(19)20)12(9-3-5-17-6-4-9)13(15(21)22-2)10(7-16)18-8/h3-6,11-12H,1-2H3,(H,19,20). The normalized spacial score (nSPS) is 20.9. The number of esters is 1. The van der Waals surface area contributed by atoms with Crippen LogP contribution in [0.1, 0.15) is 18.4 Å². The third-order valence-corrected chi connectivity index (χ3v) is 3.48. The molecular formula is C15H13N3O4. The van der Waals surface area contributed by atoms with Gasteiger partial charge in [-0.3, -0.25) is 9.78 Å². The summed E-state index contributed by atoms with van der Waals surface area (Å²) in [5, 5.41) is 18.7. The Hall–Kier alpha value is -3.01. The van der Waals surface area contributed by atoms with Crippen LogP contribution in [0.4, 0.5) is 0 Å². The fourth-order valence-electron chi connectivity index (χ4n) is 2.53. The average molecular weight is 299 g/mol. The Morgan fingerprint density at radius 3 is 2.50 bits per heavy atom. The van der Waals surface area contributed by atoms with E-state index in [1.807, 2.05) is 6.07 Å². The number of nitriles is 1. The first-order chi connectivity index (χ1) is 10.5. The van der Waals surface area contributed by atoms with Gasteiger partial charge in [0.1, 0.15) is 12.0 Å². The minimum Gasteiger partial charge on any atom is -0.481 e. The molecule has 0 spiro atoms. The smallest absolute Gasteiger partial charge is 0.337 e. The van der Waals surface area contributed by atoms with E-state index in [9.17, 15) is 20.0 Å². The topological polar surface area (TPSA) is 113 Å². The van der Waals surface area contributed by atoms with Crippen LogP contribution in [0, 0.1) is 17.2 Å². The lowest BCUT2D eigenvalue weighted by Crippen LogP contribution is -2.35. The third-order valence-electron chi connectivity index (χ3n) is 3.48. The number of carboxylic acids is 1. The quantitative estimate of drug-likeness (QED) is 0.841. The van der Waals surface area contributed by atoms with Gasteiger partial charge in [0, 0.05) is 24.0 Å². The van der Waals surface area contributed by atoms with Crippen molar-refractivity contribution in [2.24, 2.45) is 10.9 Å². The maximum atomic E-state index is 12.1. The Morgan fingerprint density at radius 1 is 1.36 bits per heavy atom. The molecular weight excluding hydrogens is 286 g/mol. The Morgan fingerprint density at radius 2 is 2.00 bits per heavy atom. The van der Waals surface area contributed by atoms with Gasteiger partial charge >= 0.3 is 11.9 Å². The highest BCUT2D eigenvalue weighted by Crippen LogP contribution is 2.39. The average Bonchev–Trinajstić information content (AvgIpc) is 2.53. The summed E-state index contributed by atoms with van der Waals surface area (Å²) in [5.74, 6) is -3.78. The van der Waals surface area contributed by atoms with Crippen LogP contribution >= 0.6 is 0 Å². The SMILES string of the molecule is COC(=O)C1=C(C#N)N=C(C)C(C(=O)O)C1c1ccncc1. The molecule has 0 radical (unpaired) electrons. The van der Waals surface area contributed by atoms with Crippen LogP contribution in [0.2, 0.25) is 0 Å². The molecule has 1 aromatic rings. The molecule has 2 heterocycles. The van der Waals surface area contributed by atoms with Crippen LogP contribution in [0.5, 0.6) is 0 Å². The fourth-order valence-corrected chi connectivity index (χ4v) is 2.53. The van der Waals surface area contributed by atoms with Crippen molar-refractivity contribution in [3.05, 3.63) is 41.4 Å². The summed E-state index contributed by atoms with van der Waals surface area (Å²) in [7, 11) is 1.18. The second-order valence-electron chi connectivity index (χ2n) is 4.69. The largest absolute Gasteiger partial charge is 0.481 e. The molecule has 7 nitrogen and oxygen atoms in total. The second kappa shape index (κ2) is 6.18. The van der Waals surface area contributed by atoms with E-state index >= 15 is 0 Å². The first-order valence-electron chi connectivity index (χ1n) is 6.41. The Balaban J connectivity index is 2.72. The van der Waals surface area contributed by atoms with Gasteiger partial charge in [0.25, 0.3) is 0 Å². The molecule has 2 rings (SSSR count). The number of pyridine rings is 1. The molecule has 2 unspecified atom stereocenters. The van der Waals surface area contributed by atoms with Gasteiger partial charge in [-0.15, -0.1) is 0 Å². The van der Waals surface area contributed by atoms with Crippen LogP contribution in [0.25, 0.3) is 0 Å². The van der Waals surface area contributed by atoms with Crippen molar-refractivity contribution in [2.75, 3.05) is 7.11 Å². The highest BCUT2D eigenvalue weighted by atomic mass is 16.5. The number of nitrogens with zero attached hydrogens (tertiary/aromatic N) is 3. The van der Waals surface area contributed by atoms with Crippen LogP contribution in [-0.4, -0.2) is 34.9 Å². The summed E-state index contributed by atoms with van der Waals surface area (Å²) in [6, 6.07) is 5.06. The van der Waals surface area contributed by atoms with Gasteiger partial charge < -0.3 is 9.84 Å². The molecule has 1 aromatic heterocycles. The van der Waals surface area contributed by atoms with Crippen molar-refractivity contribution < 1.29 is 19.4 Å². The minimum absolute atomic E-state index is 0.0470. The van der Waals surface area contributed by atoms with Crippen LogP contribution in [0.15, 0.2) is 40.8 Å². The minimum atomic E-state index is -1.12. The number of ether oxygens (including phenoxy) is 1. The van der Waals surface area contributed by atoms with Crippen molar-refractivity contribution in [1.29, 1.82) is 5.26 Å². The van der Waals surface area contributed by atoms with Crippen LogP contribution < -0.4 is 0 Å². The second-order valence-corrected chi connectivity index (χ2v) is 4.69. The molecule has 7 heteroatoms. The zero-order valence-electron chi connectivity index (χ0n) is 12.0. The van der Waals surface area contributed by atoms with E-state index in [1.165, 1.54) is 26.4 Å². The van der Waals surface area contributed by atoms with E-state index < -0.39 is 23.8 Å². The third kappa shape index (κ3) is 2.59. The first-order valence-corrected chi connectivity index (χ1v) is 6.41. The van der Waals surface area contributed by atoms with Crippen molar-refractivity contribution in [3.63, 3.8) is 0 Å². The molecule has 1 aliphatic heterocycles.